The maximum Gasteiger partial charge on any atom is 0.264 e. The summed E-state index contributed by atoms with van der Waals surface area (Å²) < 4.78 is 35.1. The fourth-order valence-electron chi connectivity index (χ4n) is 5.05. The summed E-state index contributed by atoms with van der Waals surface area (Å²) >= 11 is 13.2. The molecule has 0 bridgehead atoms. The predicted octanol–water partition coefficient (Wildman–Crippen LogP) is 7.06. The highest BCUT2D eigenvalue weighted by molar-refractivity contribution is 7.92. The first-order chi connectivity index (χ1) is 22.2. The number of hydrogen-bond donors (Lipinski definition) is 1. The summed E-state index contributed by atoms with van der Waals surface area (Å²) in [6, 6.07) is 26.1. The lowest BCUT2D eigenvalue weighted by Crippen LogP contribution is -2.56. The Morgan fingerprint density at radius 1 is 0.851 bits per heavy atom. The van der Waals surface area contributed by atoms with Crippen molar-refractivity contribution in [3.05, 3.63) is 124 Å². The normalized spacial score (nSPS) is 12.2. The number of halogens is 2. The standard InChI is InChI=1S/C36H39Cl2N3O5S/c1-25-18-20-27(21-19-25)47(44,45)41(31-16-9-10-17-33(31)46-5)24-34(42)40(23-28-29(37)14-11-15-30(28)38)32(35(43)39-36(2,3)4)22-26-12-7-6-8-13-26/h6-21,32H,22-24H2,1-5H3,(H,39,43)/t32-/m0/s1. The van der Waals surface area contributed by atoms with E-state index in [0.717, 1.165) is 15.4 Å². The first-order valence-electron chi connectivity index (χ1n) is 15.0. The van der Waals surface area contributed by atoms with Gasteiger partial charge in [0.25, 0.3) is 10.0 Å². The van der Waals surface area contributed by atoms with E-state index in [2.05, 4.69) is 5.32 Å². The first kappa shape index (κ1) is 35.8. The Morgan fingerprint density at radius 3 is 2.04 bits per heavy atom. The van der Waals surface area contributed by atoms with Crippen LogP contribution in [0, 0.1) is 6.92 Å². The maximum absolute atomic E-state index is 14.7. The smallest absolute Gasteiger partial charge is 0.264 e. The molecule has 11 heteroatoms. The fraction of sp³-hybridized carbons (Fsp3) is 0.278. The molecule has 1 N–H and O–H groups in total. The molecule has 4 rings (SSSR count). The number of aryl methyl sites for hydroxylation is 1. The van der Waals surface area contributed by atoms with Gasteiger partial charge in [0.1, 0.15) is 18.3 Å². The predicted molar refractivity (Wildman–Crippen MR) is 188 cm³/mol. The maximum atomic E-state index is 14.7. The Hall–Kier alpha value is -4.05. The molecule has 0 unspecified atom stereocenters. The van der Waals surface area contributed by atoms with Crippen molar-refractivity contribution < 1.29 is 22.7 Å². The molecule has 0 heterocycles. The molecule has 0 fully saturated rings. The molecule has 4 aromatic rings. The fourth-order valence-corrected chi connectivity index (χ4v) is 6.99. The van der Waals surface area contributed by atoms with Crippen molar-refractivity contribution in [2.24, 2.45) is 0 Å². The lowest BCUT2D eigenvalue weighted by molar-refractivity contribution is -0.140. The van der Waals surface area contributed by atoms with Gasteiger partial charge in [0.15, 0.2) is 0 Å². The molecule has 4 aromatic carbocycles. The van der Waals surface area contributed by atoms with Gasteiger partial charge in [-0.25, -0.2) is 8.42 Å². The number of sulfonamides is 1. The average molecular weight is 697 g/mol. The molecule has 0 spiro atoms. The summed E-state index contributed by atoms with van der Waals surface area (Å²) in [5, 5.41) is 3.61. The number of benzene rings is 4. The van der Waals surface area contributed by atoms with Crippen LogP contribution in [0.15, 0.2) is 102 Å². The Kier molecular flexibility index (Phi) is 11.6. The Morgan fingerprint density at radius 2 is 1.45 bits per heavy atom. The Labute approximate surface area is 287 Å². The second-order valence-electron chi connectivity index (χ2n) is 12.2. The van der Waals surface area contributed by atoms with E-state index in [0.29, 0.717) is 15.6 Å². The van der Waals surface area contributed by atoms with Gasteiger partial charge in [0.05, 0.1) is 17.7 Å². The molecule has 248 valence electrons. The lowest BCUT2D eigenvalue weighted by Gasteiger charge is -2.35. The van der Waals surface area contributed by atoms with Crippen LogP contribution in [0.5, 0.6) is 5.75 Å². The summed E-state index contributed by atoms with van der Waals surface area (Å²) in [5.41, 5.74) is 1.65. The van der Waals surface area contributed by atoms with Crippen LogP contribution in [0.4, 0.5) is 5.69 Å². The molecule has 47 heavy (non-hydrogen) atoms. The molecule has 1 atom stereocenters. The number of rotatable bonds is 12. The highest BCUT2D eigenvalue weighted by Gasteiger charge is 2.37. The number of para-hydroxylation sites is 2. The average Bonchev–Trinajstić information content (AvgIpc) is 3.02. The van der Waals surface area contributed by atoms with Crippen LogP contribution in [0.25, 0.3) is 0 Å². The molecular formula is C36H39Cl2N3O5S. The van der Waals surface area contributed by atoms with E-state index in [1.54, 1.807) is 54.6 Å². The summed E-state index contributed by atoms with van der Waals surface area (Å²) in [5.74, 6) is -0.807. The first-order valence-corrected chi connectivity index (χ1v) is 17.2. The number of hydrogen-bond acceptors (Lipinski definition) is 5. The van der Waals surface area contributed by atoms with Crippen LogP contribution < -0.4 is 14.4 Å². The van der Waals surface area contributed by atoms with Crippen LogP contribution in [-0.2, 0) is 32.6 Å². The van der Waals surface area contributed by atoms with Crippen molar-refractivity contribution in [2.45, 2.75) is 57.1 Å². The number of nitrogens with one attached hydrogen (secondary N) is 1. The second kappa shape index (κ2) is 15.2. The van der Waals surface area contributed by atoms with Crippen LogP contribution in [0.2, 0.25) is 10.0 Å². The van der Waals surface area contributed by atoms with Crippen molar-refractivity contribution in [1.29, 1.82) is 0 Å². The third kappa shape index (κ3) is 9.06. The molecule has 0 aliphatic heterocycles. The van der Waals surface area contributed by atoms with E-state index in [1.165, 1.54) is 24.1 Å². The highest BCUT2D eigenvalue weighted by atomic mass is 35.5. The number of nitrogens with zero attached hydrogens (tertiary/aromatic N) is 2. The van der Waals surface area contributed by atoms with Gasteiger partial charge < -0.3 is 15.0 Å². The van der Waals surface area contributed by atoms with Crippen LogP contribution in [0.3, 0.4) is 0 Å². The molecule has 8 nitrogen and oxygen atoms in total. The topological polar surface area (TPSA) is 96.0 Å². The van der Waals surface area contributed by atoms with E-state index in [9.17, 15) is 18.0 Å². The molecule has 0 saturated heterocycles. The summed E-state index contributed by atoms with van der Waals surface area (Å²) in [6.45, 7) is 6.59. The highest BCUT2D eigenvalue weighted by Crippen LogP contribution is 2.33. The minimum atomic E-state index is -4.30. The largest absolute Gasteiger partial charge is 0.495 e. The second-order valence-corrected chi connectivity index (χ2v) is 14.8. The zero-order valence-electron chi connectivity index (χ0n) is 27.0. The van der Waals surface area contributed by atoms with Gasteiger partial charge in [-0.2, -0.15) is 0 Å². The van der Waals surface area contributed by atoms with Crippen LogP contribution in [0.1, 0.15) is 37.5 Å². The van der Waals surface area contributed by atoms with Gasteiger partial charge in [-0.3, -0.25) is 13.9 Å². The third-order valence-corrected chi connectivity index (χ3v) is 9.88. The SMILES string of the molecule is COc1ccccc1N(CC(=O)N(Cc1c(Cl)cccc1Cl)[C@@H](Cc1ccccc1)C(=O)NC(C)(C)C)S(=O)(=O)c1ccc(C)cc1. The van der Waals surface area contributed by atoms with E-state index in [-0.39, 0.29) is 29.3 Å². The Bertz CT molecular complexity index is 1790. The quantitative estimate of drug-likeness (QED) is 0.171. The molecule has 2 amide bonds. The van der Waals surface area contributed by atoms with Crippen molar-refractivity contribution in [3.63, 3.8) is 0 Å². The number of anilines is 1. The van der Waals surface area contributed by atoms with E-state index >= 15 is 0 Å². The van der Waals surface area contributed by atoms with Gasteiger partial charge in [-0.15, -0.1) is 0 Å². The van der Waals surface area contributed by atoms with Crippen LogP contribution in [-0.4, -0.2) is 50.4 Å². The molecule has 0 aromatic heterocycles. The van der Waals surface area contributed by atoms with Gasteiger partial charge in [0, 0.05) is 34.1 Å². The van der Waals surface area contributed by atoms with E-state index < -0.39 is 40.0 Å². The van der Waals surface area contributed by atoms with Gasteiger partial charge in [-0.1, -0.05) is 89.4 Å². The number of carbonyl (C=O) groups excluding carboxylic acids is 2. The zero-order valence-corrected chi connectivity index (χ0v) is 29.4. The monoisotopic (exact) mass is 695 g/mol. The zero-order chi connectivity index (χ0) is 34.4. The summed E-state index contributed by atoms with van der Waals surface area (Å²) in [6.07, 6.45) is 0.149. The van der Waals surface area contributed by atoms with Gasteiger partial charge >= 0.3 is 0 Å². The summed E-state index contributed by atoms with van der Waals surface area (Å²) in [4.78, 5) is 30.1. The molecule has 0 aliphatic carbocycles. The number of ether oxygens (including phenoxy) is 1. The minimum Gasteiger partial charge on any atom is -0.495 e. The lowest BCUT2D eigenvalue weighted by atomic mass is 10.0. The van der Waals surface area contributed by atoms with Crippen molar-refractivity contribution >= 4 is 50.7 Å². The van der Waals surface area contributed by atoms with E-state index in [4.69, 9.17) is 27.9 Å². The Balaban J connectivity index is 1.88. The number of carbonyl (C=O) groups is 2. The summed E-state index contributed by atoms with van der Waals surface area (Å²) in [7, 11) is -2.88. The molecule has 0 saturated carbocycles. The van der Waals surface area contributed by atoms with Crippen molar-refractivity contribution in [3.8, 4) is 5.75 Å². The molecule has 0 aliphatic rings. The van der Waals surface area contributed by atoms with Gasteiger partial charge in [-0.05, 0) is 69.7 Å². The van der Waals surface area contributed by atoms with Crippen molar-refractivity contribution in [2.75, 3.05) is 18.0 Å². The number of methoxy groups -OCH3 is 1. The minimum absolute atomic E-state index is 0.00573. The molecule has 0 radical (unpaired) electrons. The third-order valence-electron chi connectivity index (χ3n) is 7.40. The van der Waals surface area contributed by atoms with Gasteiger partial charge in [0.2, 0.25) is 11.8 Å². The van der Waals surface area contributed by atoms with Crippen molar-refractivity contribution in [1.82, 2.24) is 10.2 Å². The number of amides is 2. The van der Waals surface area contributed by atoms with E-state index in [1.807, 2.05) is 58.0 Å². The van der Waals surface area contributed by atoms with Crippen LogP contribution >= 0.6 is 23.2 Å². The molecular weight excluding hydrogens is 657 g/mol.